The van der Waals surface area contributed by atoms with Gasteiger partial charge in [0.15, 0.2) is 0 Å². The Labute approximate surface area is 130 Å². The molecule has 2 aromatic carbocycles. The van der Waals surface area contributed by atoms with Crippen LogP contribution in [0, 0.1) is 17.0 Å². The maximum Gasteiger partial charge on any atom is 0.269 e. The molecule has 1 saturated heterocycles. The summed E-state index contributed by atoms with van der Waals surface area (Å²) in [6.07, 6.45) is 2.38. The maximum atomic E-state index is 10.7. The van der Waals surface area contributed by atoms with Gasteiger partial charge in [-0.2, -0.15) is 0 Å². The third-order valence-corrected chi connectivity index (χ3v) is 4.32. The van der Waals surface area contributed by atoms with Crippen LogP contribution in [-0.2, 0) is 6.54 Å². The number of nitro groups is 1. The first kappa shape index (κ1) is 14.7. The van der Waals surface area contributed by atoms with Crippen molar-refractivity contribution < 1.29 is 4.92 Å². The Morgan fingerprint density at radius 2 is 2.00 bits per heavy atom. The summed E-state index contributed by atoms with van der Waals surface area (Å²) in [7, 11) is 0. The minimum absolute atomic E-state index is 0.153. The lowest BCUT2D eigenvalue weighted by Gasteiger charge is -2.25. The Morgan fingerprint density at radius 3 is 2.68 bits per heavy atom. The van der Waals surface area contributed by atoms with E-state index in [2.05, 4.69) is 36.1 Å². The Bertz CT molecular complexity index is 667. The summed E-state index contributed by atoms with van der Waals surface area (Å²) < 4.78 is 0. The van der Waals surface area contributed by atoms with E-state index >= 15 is 0 Å². The second-order valence-electron chi connectivity index (χ2n) is 5.97. The molecule has 1 atom stereocenters. The van der Waals surface area contributed by atoms with Gasteiger partial charge in [0.1, 0.15) is 0 Å². The number of benzene rings is 2. The Balaban J connectivity index is 1.75. The number of nitrogens with zero attached hydrogens (tertiary/aromatic N) is 2. The van der Waals surface area contributed by atoms with Gasteiger partial charge >= 0.3 is 0 Å². The van der Waals surface area contributed by atoms with Gasteiger partial charge in [-0.1, -0.05) is 42.0 Å². The van der Waals surface area contributed by atoms with Gasteiger partial charge in [-0.05, 0) is 37.4 Å². The molecule has 0 N–H and O–H groups in total. The number of aryl methyl sites for hydroxylation is 1. The molecule has 0 bridgehead atoms. The van der Waals surface area contributed by atoms with Crippen LogP contribution in [0.2, 0.25) is 0 Å². The van der Waals surface area contributed by atoms with Gasteiger partial charge in [-0.15, -0.1) is 0 Å². The van der Waals surface area contributed by atoms with E-state index in [9.17, 15) is 10.1 Å². The van der Waals surface area contributed by atoms with Gasteiger partial charge in [0.05, 0.1) is 4.92 Å². The number of non-ortho nitro benzene ring substituents is 1. The SMILES string of the molecule is Cc1cccc([C@@H]2CCCN2Cc2ccc([N+](=O)[O-])cc2)c1. The van der Waals surface area contributed by atoms with Crippen molar-refractivity contribution in [3.8, 4) is 0 Å². The van der Waals surface area contributed by atoms with Gasteiger partial charge in [0, 0.05) is 24.7 Å². The largest absolute Gasteiger partial charge is 0.292 e. The van der Waals surface area contributed by atoms with Crippen molar-refractivity contribution in [3.63, 3.8) is 0 Å². The summed E-state index contributed by atoms with van der Waals surface area (Å²) in [6, 6.07) is 16.1. The molecule has 0 spiro atoms. The van der Waals surface area contributed by atoms with E-state index in [0.717, 1.165) is 18.7 Å². The van der Waals surface area contributed by atoms with Gasteiger partial charge in [-0.25, -0.2) is 0 Å². The predicted octanol–water partition coefficient (Wildman–Crippen LogP) is 4.24. The van der Waals surface area contributed by atoms with Crippen LogP contribution >= 0.6 is 0 Å². The summed E-state index contributed by atoms with van der Waals surface area (Å²) in [5, 5.41) is 10.7. The lowest BCUT2D eigenvalue weighted by Crippen LogP contribution is -2.22. The third kappa shape index (κ3) is 3.17. The summed E-state index contributed by atoms with van der Waals surface area (Å²) >= 11 is 0. The maximum absolute atomic E-state index is 10.7. The van der Waals surface area contributed by atoms with Crippen LogP contribution < -0.4 is 0 Å². The Morgan fingerprint density at radius 1 is 1.23 bits per heavy atom. The fourth-order valence-corrected chi connectivity index (χ4v) is 3.23. The molecule has 4 nitrogen and oxygen atoms in total. The van der Waals surface area contributed by atoms with Gasteiger partial charge in [0.25, 0.3) is 5.69 Å². The van der Waals surface area contributed by atoms with E-state index in [4.69, 9.17) is 0 Å². The number of hydrogen-bond acceptors (Lipinski definition) is 3. The van der Waals surface area contributed by atoms with E-state index in [1.165, 1.54) is 24.0 Å². The molecule has 3 rings (SSSR count). The van der Waals surface area contributed by atoms with Crippen molar-refractivity contribution in [2.24, 2.45) is 0 Å². The molecule has 22 heavy (non-hydrogen) atoms. The first-order valence-corrected chi connectivity index (χ1v) is 7.67. The van der Waals surface area contributed by atoms with Gasteiger partial charge < -0.3 is 0 Å². The smallest absolute Gasteiger partial charge is 0.269 e. The molecule has 2 aromatic rings. The normalized spacial score (nSPS) is 18.5. The monoisotopic (exact) mass is 296 g/mol. The number of nitro benzene ring substituents is 1. The second kappa shape index (κ2) is 6.28. The fraction of sp³-hybridized carbons (Fsp3) is 0.333. The zero-order valence-electron chi connectivity index (χ0n) is 12.7. The average molecular weight is 296 g/mol. The molecule has 114 valence electrons. The van der Waals surface area contributed by atoms with Crippen molar-refractivity contribution in [1.29, 1.82) is 0 Å². The predicted molar refractivity (Wildman–Crippen MR) is 86.7 cm³/mol. The highest BCUT2D eigenvalue weighted by atomic mass is 16.6. The van der Waals surface area contributed by atoms with Crippen molar-refractivity contribution in [3.05, 3.63) is 75.3 Å². The molecular formula is C18H20N2O2. The summed E-state index contributed by atoms with van der Waals surface area (Å²) in [6.45, 7) is 4.05. The molecule has 1 aliphatic heterocycles. The van der Waals surface area contributed by atoms with Crippen LogP contribution in [-0.4, -0.2) is 16.4 Å². The van der Waals surface area contributed by atoms with Crippen molar-refractivity contribution >= 4 is 5.69 Å². The molecule has 0 amide bonds. The van der Waals surface area contributed by atoms with E-state index in [1.54, 1.807) is 12.1 Å². The van der Waals surface area contributed by atoms with Crippen molar-refractivity contribution in [2.75, 3.05) is 6.54 Å². The first-order chi connectivity index (χ1) is 10.6. The molecule has 1 fully saturated rings. The quantitative estimate of drug-likeness (QED) is 0.626. The zero-order chi connectivity index (χ0) is 15.5. The van der Waals surface area contributed by atoms with E-state index in [1.807, 2.05) is 12.1 Å². The minimum atomic E-state index is -0.352. The average Bonchev–Trinajstić information content (AvgIpc) is 2.96. The lowest BCUT2D eigenvalue weighted by molar-refractivity contribution is -0.384. The van der Waals surface area contributed by atoms with Crippen LogP contribution in [0.4, 0.5) is 5.69 Å². The molecule has 0 aromatic heterocycles. The van der Waals surface area contributed by atoms with Gasteiger partial charge in [-0.3, -0.25) is 15.0 Å². The number of likely N-dealkylation sites (tertiary alicyclic amines) is 1. The molecule has 1 aliphatic rings. The van der Waals surface area contributed by atoms with E-state index in [-0.39, 0.29) is 10.6 Å². The Kier molecular flexibility index (Phi) is 4.20. The van der Waals surface area contributed by atoms with Crippen LogP contribution in [0.3, 0.4) is 0 Å². The van der Waals surface area contributed by atoms with Crippen molar-refractivity contribution in [1.82, 2.24) is 4.90 Å². The Hall–Kier alpha value is -2.20. The molecule has 1 heterocycles. The number of rotatable bonds is 4. The van der Waals surface area contributed by atoms with E-state index in [0.29, 0.717) is 6.04 Å². The zero-order valence-corrected chi connectivity index (χ0v) is 12.7. The lowest BCUT2D eigenvalue weighted by atomic mass is 10.0. The molecule has 4 heteroatoms. The second-order valence-corrected chi connectivity index (χ2v) is 5.97. The molecule has 0 unspecified atom stereocenters. The molecular weight excluding hydrogens is 276 g/mol. The standard InChI is InChI=1S/C18H20N2O2/c1-14-4-2-5-16(12-14)18-6-3-11-19(18)13-15-7-9-17(10-8-15)20(21)22/h2,4-5,7-10,12,18H,3,6,11,13H2,1H3/t18-/m0/s1. The highest BCUT2D eigenvalue weighted by Gasteiger charge is 2.25. The highest BCUT2D eigenvalue weighted by Crippen LogP contribution is 2.33. The topological polar surface area (TPSA) is 46.4 Å². The summed E-state index contributed by atoms with van der Waals surface area (Å²) in [5.74, 6) is 0. The molecule has 0 aliphatic carbocycles. The molecule has 0 saturated carbocycles. The summed E-state index contributed by atoms with van der Waals surface area (Å²) in [4.78, 5) is 12.8. The summed E-state index contributed by atoms with van der Waals surface area (Å²) in [5.41, 5.74) is 3.95. The third-order valence-electron chi connectivity index (χ3n) is 4.32. The fourth-order valence-electron chi connectivity index (χ4n) is 3.23. The number of hydrogen-bond donors (Lipinski definition) is 0. The minimum Gasteiger partial charge on any atom is -0.292 e. The first-order valence-electron chi connectivity index (χ1n) is 7.67. The van der Waals surface area contributed by atoms with Crippen molar-refractivity contribution in [2.45, 2.75) is 32.4 Å². The van der Waals surface area contributed by atoms with Crippen LogP contribution in [0.1, 0.15) is 35.6 Å². The van der Waals surface area contributed by atoms with Crippen LogP contribution in [0.15, 0.2) is 48.5 Å². The van der Waals surface area contributed by atoms with E-state index < -0.39 is 0 Å². The highest BCUT2D eigenvalue weighted by molar-refractivity contribution is 5.33. The van der Waals surface area contributed by atoms with Crippen LogP contribution in [0.25, 0.3) is 0 Å². The molecule has 0 radical (unpaired) electrons. The van der Waals surface area contributed by atoms with Gasteiger partial charge in [0.2, 0.25) is 0 Å². The van der Waals surface area contributed by atoms with Crippen LogP contribution in [0.5, 0.6) is 0 Å².